The van der Waals surface area contributed by atoms with Gasteiger partial charge in [-0.1, -0.05) is 0 Å². The zero-order chi connectivity index (χ0) is 17.6. The summed E-state index contributed by atoms with van der Waals surface area (Å²) in [6.45, 7) is 4.63. The largest absolute Gasteiger partial charge is 0.352 e. The second-order valence-corrected chi connectivity index (χ2v) is 6.27. The molecule has 4 rings (SSSR count). The van der Waals surface area contributed by atoms with Crippen molar-refractivity contribution >= 4 is 22.8 Å². The van der Waals surface area contributed by atoms with Crippen molar-refractivity contribution in [2.45, 2.75) is 6.92 Å². The summed E-state index contributed by atoms with van der Waals surface area (Å²) in [6, 6.07) is 0. The minimum atomic E-state index is 0.0186. The fraction of sp³-hybridized carbons (Fsp3) is 0.438. The van der Waals surface area contributed by atoms with Crippen LogP contribution in [0, 0.1) is 6.92 Å². The van der Waals surface area contributed by atoms with Crippen LogP contribution in [0.3, 0.4) is 0 Å². The molecule has 1 aliphatic rings. The maximum Gasteiger partial charge on any atom is 0.272 e. The molecule has 0 unspecified atom stereocenters. The van der Waals surface area contributed by atoms with E-state index in [0.717, 1.165) is 35.8 Å². The Kier molecular flexibility index (Phi) is 3.63. The highest BCUT2D eigenvalue weighted by atomic mass is 16.2. The van der Waals surface area contributed by atoms with E-state index in [1.54, 1.807) is 28.0 Å². The molecule has 0 radical (unpaired) electrons. The molecule has 1 fully saturated rings. The zero-order valence-electron chi connectivity index (χ0n) is 14.5. The molecule has 0 spiro atoms. The summed E-state index contributed by atoms with van der Waals surface area (Å²) >= 11 is 0. The Labute approximate surface area is 144 Å². The van der Waals surface area contributed by atoms with E-state index >= 15 is 0 Å². The van der Waals surface area contributed by atoms with Crippen LogP contribution in [0.5, 0.6) is 0 Å². The van der Waals surface area contributed by atoms with Crippen molar-refractivity contribution in [2.24, 2.45) is 14.1 Å². The van der Waals surface area contributed by atoms with Crippen molar-refractivity contribution in [3.05, 3.63) is 30.2 Å². The molecule has 0 saturated carbocycles. The first-order chi connectivity index (χ1) is 12.0. The molecule has 3 aromatic rings. The second-order valence-electron chi connectivity index (χ2n) is 6.27. The number of carbonyl (C=O) groups excluding carboxylic acids is 1. The van der Waals surface area contributed by atoms with Crippen molar-refractivity contribution in [1.29, 1.82) is 0 Å². The molecule has 3 aromatic heterocycles. The molecule has 9 heteroatoms. The van der Waals surface area contributed by atoms with Crippen molar-refractivity contribution in [1.82, 2.24) is 34.2 Å². The first-order valence-electron chi connectivity index (χ1n) is 8.21. The molecule has 0 N–H and O–H groups in total. The number of aryl methyl sites for hydroxylation is 3. The third-order valence-electron chi connectivity index (χ3n) is 4.59. The Hall–Kier alpha value is -2.97. The van der Waals surface area contributed by atoms with Crippen molar-refractivity contribution in [3.63, 3.8) is 0 Å². The summed E-state index contributed by atoms with van der Waals surface area (Å²) in [7, 11) is 3.71. The van der Waals surface area contributed by atoms with E-state index in [0.29, 0.717) is 18.8 Å². The number of hydrogen-bond acceptors (Lipinski definition) is 6. The predicted molar refractivity (Wildman–Crippen MR) is 92.4 cm³/mol. The molecule has 0 aliphatic carbocycles. The maximum atomic E-state index is 12.6. The van der Waals surface area contributed by atoms with Crippen LogP contribution in [0.2, 0.25) is 0 Å². The van der Waals surface area contributed by atoms with Crippen LogP contribution in [0.4, 0.5) is 5.82 Å². The minimum Gasteiger partial charge on any atom is -0.352 e. The maximum absolute atomic E-state index is 12.6. The molecule has 0 aromatic carbocycles. The van der Waals surface area contributed by atoms with E-state index in [2.05, 4.69) is 25.0 Å². The van der Waals surface area contributed by atoms with Crippen LogP contribution in [0.25, 0.3) is 11.0 Å². The molecular formula is C16H20N8O. The molecule has 1 amide bonds. The van der Waals surface area contributed by atoms with Gasteiger partial charge in [0.15, 0.2) is 5.65 Å². The lowest BCUT2D eigenvalue weighted by molar-refractivity contribution is 0.0737. The van der Waals surface area contributed by atoms with Crippen molar-refractivity contribution < 1.29 is 4.79 Å². The van der Waals surface area contributed by atoms with Gasteiger partial charge in [-0.3, -0.25) is 9.48 Å². The molecule has 130 valence electrons. The van der Waals surface area contributed by atoms with Crippen molar-refractivity contribution in [3.8, 4) is 0 Å². The lowest BCUT2D eigenvalue weighted by Crippen LogP contribution is -2.49. The molecule has 9 nitrogen and oxygen atoms in total. The first kappa shape index (κ1) is 15.6. The number of rotatable bonds is 2. The number of piperazine rings is 1. The lowest BCUT2D eigenvalue weighted by Gasteiger charge is -2.35. The van der Waals surface area contributed by atoms with E-state index < -0.39 is 0 Å². The van der Waals surface area contributed by atoms with Gasteiger partial charge in [-0.2, -0.15) is 5.10 Å². The smallest absolute Gasteiger partial charge is 0.272 e. The minimum absolute atomic E-state index is 0.0186. The van der Waals surface area contributed by atoms with E-state index in [4.69, 9.17) is 0 Å². The Bertz CT molecular complexity index is 935. The summed E-state index contributed by atoms with van der Waals surface area (Å²) < 4.78 is 3.51. The van der Waals surface area contributed by atoms with E-state index in [1.807, 2.05) is 25.9 Å². The number of imidazole rings is 1. The van der Waals surface area contributed by atoms with Crippen molar-refractivity contribution in [2.75, 3.05) is 31.1 Å². The Morgan fingerprint density at radius 1 is 1.08 bits per heavy atom. The monoisotopic (exact) mass is 340 g/mol. The van der Waals surface area contributed by atoms with Gasteiger partial charge in [0.05, 0.1) is 24.1 Å². The predicted octanol–water partition coefficient (Wildman–Crippen LogP) is 0.368. The number of hydrogen-bond donors (Lipinski definition) is 0. The third-order valence-corrected chi connectivity index (χ3v) is 4.59. The standard InChI is InChI=1S/C16H20N8O/c1-11-19-14-12(8-18-22(14)3)15(20-11)23-4-6-24(7-5-23)16(25)13-9-17-10-21(13)2/h8-10H,4-7H2,1-3H3. The van der Waals surface area contributed by atoms with Gasteiger partial charge in [0.1, 0.15) is 17.3 Å². The summed E-state index contributed by atoms with van der Waals surface area (Å²) in [5, 5.41) is 5.24. The quantitative estimate of drug-likeness (QED) is 0.670. The Morgan fingerprint density at radius 3 is 2.52 bits per heavy atom. The van der Waals surface area contributed by atoms with Crippen LogP contribution in [0.1, 0.15) is 16.3 Å². The lowest BCUT2D eigenvalue weighted by atomic mass is 10.2. The summed E-state index contributed by atoms with van der Waals surface area (Å²) in [6.07, 6.45) is 5.06. The van der Waals surface area contributed by atoms with Gasteiger partial charge in [-0.05, 0) is 6.92 Å². The van der Waals surface area contributed by atoms with E-state index in [9.17, 15) is 4.79 Å². The number of carbonyl (C=O) groups is 1. The number of anilines is 1. The normalized spacial score (nSPS) is 15.2. The molecular weight excluding hydrogens is 320 g/mol. The highest BCUT2D eigenvalue weighted by Gasteiger charge is 2.26. The Morgan fingerprint density at radius 2 is 1.84 bits per heavy atom. The van der Waals surface area contributed by atoms with Gasteiger partial charge in [0.2, 0.25) is 0 Å². The van der Waals surface area contributed by atoms with Gasteiger partial charge in [0, 0.05) is 40.3 Å². The van der Waals surface area contributed by atoms with Gasteiger partial charge in [-0.15, -0.1) is 0 Å². The highest BCUT2D eigenvalue weighted by Crippen LogP contribution is 2.24. The van der Waals surface area contributed by atoms with Crippen LogP contribution in [0.15, 0.2) is 18.7 Å². The Balaban J connectivity index is 1.55. The third kappa shape index (κ3) is 2.61. The second kappa shape index (κ2) is 5.83. The number of fused-ring (bicyclic) bond motifs is 1. The summed E-state index contributed by atoms with van der Waals surface area (Å²) in [4.78, 5) is 29.8. The number of nitrogens with zero attached hydrogens (tertiary/aromatic N) is 8. The van der Waals surface area contributed by atoms with Gasteiger partial charge >= 0.3 is 0 Å². The van der Waals surface area contributed by atoms with E-state index in [1.165, 1.54) is 0 Å². The fourth-order valence-electron chi connectivity index (χ4n) is 3.20. The number of amides is 1. The first-order valence-corrected chi connectivity index (χ1v) is 8.21. The number of aromatic nitrogens is 6. The van der Waals surface area contributed by atoms with E-state index in [-0.39, 0.29) is 5.91 Å². The summed E-state index contributed by atoms with van der Waals surface area (Å²) in [5.41, 5.74) is 1.44. The molecule has 1 aliphatic heterocycles. The molecule has 0 bridgehead atoms. The van der Waals surface area contributed by atoms with Crippen LogP contribution >= 0.6 is 0 Å². The van der Waals surface area contributed by atoms with Gasteiger partial charge in [-0.25, -0.2) is 15.0 Å². The average molecular weight is 340 g/mol. The molecule has 1 saturated heterocycles. The molecule has 25 heavy (non-hydrogen) atoms. The molecule has 0 atom stereocenters. The van der Waals surface area contributed by atoms with Crippen LogP contribution in [-0.2, 0) is 14.1 Å². The topological polar surface area (TPSA) is 85.0 Å². The van der Waals surface area contributed by atoms with Crippen LogP contribution in [-0.4, -0.2) is 66.3 Å². The molecule has 4 heterocycles. The highest BCUT2D eigenvalue weighted by molar-refractivity contribution is 5.92. The van der Waals surface area contributed by atoms with Gasteiger partial charge in [0.25, 0.3) is 5.91 Å². The SMILES string of the molecule is Cc1nc(N2CCN(C(=O)c3cncn3C)CC2)c2cnn(C)c2n1. The van der Waals surface area contributed by atoms with Gasteiger partial charge < -0.3 is 14.4 Å². The fourth-order valence-corrected chi connectivity index (χ4v) is 3.20. The zero-order valence-corrected chi connectivity index (χ0v) is 14.5. The average Bonchev–Trinajstić information content (AvgIpc) is 3.20. The van der Waals surface area contributed by atoms with Crippen LogP contribution < -0.4 is 4.90 Å². The summed E-state index contributed by atoms with van der Waals surface area (Å²) in [5.74, 6) is 1.63.